The van der Waals surface area contributed by atoms with E-state index in [1.54, 1.807) is 0 Å². The summed E-state index contributed by atoms with van der Waals surface area (Å²) in [7, 11) is 0. The molecule has 0 aromatic heterocycles. The molecule has 0 bridgehead atoms. The zero-order valence-corrected chi connectivity index (χ0v) is 22.9. The largest absolute Gasteiger partial charge is 0.488 e. The Hall–Kier alpha value is -3.02. The number of benzene rings is 3. The Morgan fingerprint density at radius 2 is 0.974 bits per heavy atom. The quantitative estimate of drug-likeness (QED) is 0.285. The third-order valence-electron chi connectivity index (χ3n) is 6.88. The van der Waals surface area contributed by atoms with E-state index in [2.05, 4.69) is 93.6 Å². The second-order valence-electron chi connectivity index (χ2n) is 11.2. The highest BCUT2D eigenvalue weighted by molar-refractivity contribution is 5.47. The van der Waals surface area contributed by atoms with E-state index >= 15 is 0 Å². The fraction of sp³-hybridized carbons (Fsp3) is 0.455. The first kappa shape index (κ1) is 26.6. The van der Waals surface area contributed by atoms with Gasteiger partial charge in [0.05, 0.1) is 13.2 Å². The first-order chi connectivity index (χ1) is 18.4. The lowest BCUT2D eigenvalue weighted by Gasteiger charge is -2.25. The van der Waals surface area contributed by atoms with Crippen LogP contribution in [0.2, 0.25) is 0 Å². The summed E-state index contributed by atoms with van der Waals surface area (Å²) in [5.41, 5.74) is 3.34. The fourth-order valence-electron chi connectivity index (χ4n) is 5.05. The van der Waals surface area contributed by atoms with E-state index < -0.39 is 0 Å². The maximum Gasteiger partial charge on any atom is 0.199 e. The molecule has 38 heavy (non-hydrogen) atoms. The molecule has 2 aliphatic heterocycles. The summed E-state index contributed by atoms with van der Waals surface area (Å²) in [6, 6.07) is 25.3. The highest BCUT2D eigenvalue weighted by Crippen LogP contribution is 2.35. The smallest absolute Gasteiger partial charge is 0.199 e. The molecular weight excluding hydrogens is 476 g/mol. The summed E-state index contributed by atoms with van der Waals surface area (Å²) < 4.78 is 29.7. The van der Waals surface area contributed by atoms with Crippen LogP contribution in [0.15, 0.2) is 72.8 Å². The maximum atomic E-state index is 6.08. The topological polar surface area (TPSA) is 46.2 Å². The third-order valence-corrected chi connectivity index (χ3v) is 6.88. The van der Waals surface area contributed by atoms with E-state index in [0.29, 0.717) is 0 Å². The van der Waals surface area contributed by atoms with Crippen molar-refractivity contribution in [3.05, 3.63) is 89.5 Å². The summed E-state index contributed by atoms with van der Waals surface area (Å²) in [6.07, 6.45) is 6.08. The number of hydrogen-bond donors (Lipinski definition) is 0. The van der Waals surface area contributed by atoms with Crippen LogP contribution in [0.1, 0.15) is 81.9 Å². The molecule has 5 heteroatoms. The molecule has 0 aliphatic carbocycles. The van der Waals surface area contributed by atoms with Gasteiger partial charge < -0.3 is 23.7 Å². The summed E-state index contributed by atoms with van der Waals surface area (Å²) in [6.45, 7) is 7.73. The lowest BCUT2D eigenvalue weighted by molar-refractivity contribution is -0.106. The van der Waals surface area contributed by atoms with Crippen LogP contribution < -0.4 is 14.2 Å². The normalized spacial score (nSPS) is 20.9. The second-order valence-corrected chi connectivity index (χ2v) is 11.2. The van der Waals surface area contributed by atoms with Crippen molar-refractivity contribution in [1.82, 2.24) is 0 Å². The number of rotatable bonds is 8. The van der Waals surface area contributed by atoms with Crippen molar-refractivity contribution in [1.29, 1.82) is 0 Å². The zero-order valence-electron chi connectivity index (χ0n) is 22.9. The van der Waals surface area contributed by atoms with E-state index in [-0.39, 0.29) is 24.1 Å². The molecule has 0 saturated carbocycles. The Bertz CT molecular complexity index is 1060. The SMILES string of the molecule is CC(C)(C)Oc1ccc(C(c2ccc(OC3CCCCO3)cc2)c2ccc(OC3CCCCO3)cc2)cc1. The average Bonchev–Trinajstić information content (AvgIpc) is 2.92. The Morgan fingerprint density at radius 1 is 0.579 bits per heavy atom. The molecule has 2 unspecified atom stereocenters. The van der Waals surface area contributed by atoms with E-state index in [0.717, 1.165) is 69.0 Å². The molecule has 2 atom stereocenters. The number of hydrogen-bond acceptors (Lipinski definition) is 5. The van der Waals surface area contributed by atoms with Gasteiger partial charge in [0.25, 0.3) is 0 Å². The van der Waals surface area contributed by atoms with Crippen LogP contribution in [-0.4, -0.2) is 31.4 Å². The van der Waals surface area contributed by atoms with E-state index in [4.69, 9.17) is 23.7 Å². The molecule has 2 fully saturated rings. The van der Waals surface area contributed by atoms with Crippen LogP contribution in [0, 0.1) is 0 Å². The van der Waals surface area contributed by atoms with Gasteiger partial charge in [0.15, 0.2) is 12.6 Å². The maximum absolute atomic E-state index is 6.08. The van der Waals surface area contributed by atoms with Crippen LogP contribution in [0.25, 0.3) is 0 Å². The van der Waals surface area contributed by atoms with Gasteiger partial charge in [-0.05, 0) is 99.5 Å². The van der Waals surface area contributed by atoms with Crippen LogP contribution in [0.5, 0.6) is 17.2 Å². The molecule has 2 aliphatic rings. The van der Waals surface area contributed by atoms with E-state index in [1.165, 1.54) is 16.7 Å². The Morgan fingerprint density at radius 3 is 1.32 bits per heavy atom. The van der Waals surface area contributed by atoms with Crippen molar-refractivity contribution >= 4 is 0 Å². The second kappa shape index (κ2) is 12.2. The molecular formula is C33H40O5. The molecule has 2 saturated heterocycles. The minimum Gasteiger partial charge on any atom is -0.488 e. The third kappa shape index (κ3) is 7.30. The molecule has 202 valence electrons. The Balaban J connectivity index is 1.38. The fourth-order valence-corrected chi connectivity index (χ4v) is 5.05. The van der Waals surface area contributed by atoms with Crippen molar-refractivity contribution in [2.75, 3.05) is 13.2 Å². The van der Waals surface area contributed by atoms with Crippen LogP contribution >= 0.6 is 0 Å². The standard InChI is InChI=1S/C33H40O5/c1-33(2,3)38-29-20-14-26(15-21-29)32(24-10-16-27(17-11-24)36-30-8-4-6-22-34-30)25-12-18-28(19-13-25)37-31-9-5-7-23-35-31/h10-21,30-32H,4-9,22-23H2,1-3H3. The monoisotopic (exact) mass is 516 g/mol. The molecule has 5 rings (SSSR count). The van der Waals surface area contributed by atoms with Crippen molar-refractivity contribution in [3.63, 3.8) is 0 Å². The van der Waals surface area contributed by atoms with Crippen LogP contribution in [-0.2, 0) is 9.47 Å². The van der Waals surface area contributed by atoms with Gasteiger partial charge in [0, 0.05) is 18.8 Å². The van der Waals surface area contributed by atoms with Gasteiger partial charge in [0.1, 0.15) is 22.8 Å². The molecule has 0 spiro atoms. The molecule has 2 heterocycles. The lowest BCUT2D eigenvalue weighted by atomic mass is 9.85. The zero-order chi connectivity index (χ0) is 26.4. The Labute approximate surface area is 227 Å². The predicted octanol–water partition coefficient (Wildman–Crippen LogP) is 7.85. The highest BCUT2D eigenvalue weighted by Gasteiger charge is 2.21. The van der Waals surface area contributed by atoms with Crippen molar-refractivity contribution in [3.8, 4) is 17.2 Å². The van der Waals surface area contributed by atoms with Gasteiger partial charge >= 0.3 is 0 Å². The van der Waals surface area contributed by atoms with E-state index in [9.17, 15) is 0 Å². The highest BCUT2D eigenvalue weighted by atomic mass is 16.7. The summed E-state index contributed by atoms with van der Waals surface area (Å²) in [4.78, 5) is 0. The lowest BCUT2D eigenvalue weighted by Crippen LogP contribution is -2.25. The van der Waals surface area contributed by atoms with Gasteiger partial charge in [-0.2, -0.15) is 0 Å². The van der Waals surface area contributed by atoms with Crippen molar-refractivity contribution < 1.29 is 23.7 Å². The molecule has 3 aromatic carbocycles. The van der Waals surface area contributed by atoms with Crippen molar-refractivity contribution in [2.24, 2.45) is 0 Å². The molecule has 3 aromatic rings. The van der Waals surface area contributed by atoms with Crippen LogP contribution in [0.3, 0.4) is 0 Å². The molecule has 0 N–H and O–H groups in total. The van der Waals surface area contributed by atoms with Gasteiger partial charge in [-0.1, -0.05) is 36.4 Å². The minimum absolute atomic E-state index is 0.0543. The number of ether oxygens (including phenoxy) is 5. The minimum atomic E-state index is -0.239. The van der Waals surface area contributed by atoms with E-state index in [1.807, 2.05) is 0 Å². The molecule has 0 amide bonds. The van der Waals surface area contributed by atoms with Crippen molar-refractivity contribution in [2.45, 2.75) is 83.4 Å². The van der Waals surface area contributed by atoms with Gasteiger partial charge in [-0.15, -0.1) is 0 Å². The van der Waals surface area contributed by atoms with Crippen LogP contribution in [0.4, 0.5) is 0 Å². The molecule has 0 radical (unpaired) electrons. The predicted molar refractivity (Wildman–Crippen MR) is 149 cm³/mol. The summed E-state index contributed by atoms with van der Waals surface area (Å²) in [5, 5.41) is 0. The molecule has 5 nitrogen and oxygen atoms in total. The Kier molecular flexibility index (Phi) is 8.55. The van der Waals surface area contributed by atoms with Gasteiger partial charge in [-0.3, -0.25) is 0 Å². The first-order valence-electron chi connectivity index (χ1n) is 14.0. The first-order valence-corrected chi connectivity index (χ1v) is 14.0. The summed E-state index contributed by atoms with van der Waals surface area (Å²) in [5.74, 6) is 2.60. The van der Waals surface area contributed by atoms with Gasteiger partial charge in [-0.25, -0.2) is 0 Å². The summed E-state index contributed by atoms with van der Waals surface area (Å²) >= 11 is 0. The van der Waals surface area contributed by atoms with Gasteiger partial charge in [0.2, 0.25) is 0 Å². The average molecular weight is 517 g/mol.